The molecule has 0 radical (unpaired) electrons. The van der Waals surface area contributed by atoms with E-state index in [1.54, 1.807) is 16.7 Å². The Bertz CT molecular complexity index is 716. The number of hydrogen-bond donors (Lipinski definition) is 1. The molecule has 2 aliphatic rings. The van der Waals surface area contributed by atoms with Crippen molar-refractivity contribution in [2.75, 3.05) is 22.9 Å². The summed E-state index contributed by atoms with van der Waals surface area (Å²) in [5.74, 6) is -0.339. The fraction of sp³-hybridized carbons (Fsp3) is 0.526. The standard InChI is InChI=1S/C19H25N3O3/c1-4-12(2)20-19(25)15-10-18(24)22(11-15)16-5-6-17-14(9-16)7-8-21(17)13(3)23/h5-6,9,12,15H,4,7-8,10-11H2,1-3H3,(H,20,25)/t12-,15+/m1/s1. The minimum absolute atomic E-state index is 0.0225. The molecule has 0 bridgehead atoms. The third kappa shape index (κ3) is 3.38. The Morgan fingerprint density at radius 2 is 2.12 bits per heavy atom. The highest BCUT2D eigenvalue weighted by Gasteiger charge is 2.36. The van der Waals surface area contributed by atoms with E-state index in [0.29, 0.717) is 13.1 Å². The summed E-state index contributed by atoms with van der Waals surface area (Å²) >= 11 is 0. The van der Waals surface area contributed by atoms with Gasteiger partial charge in [0.2, 0.25) is 17.7 Å². The summed E-state index contributed by atoms with van der Waals surface area (Å²) in [7, 11) is 0. The summed E-state index contributed by atoms with van der Waals surface area (Å²) in [5.41, 5.74) is 2.81. The number of amides is 3. The predicted molar refractivity (Wildman–Crippen MR) is 96.5 cm³/mol. The molecular weight excluding hydrogens is 318 g/mol. The molecule has 2 heterocycles. The number of nitrogens with one attached hydrogen (secondary N) is 1. The molecule has 0 unspecified atom stereocenters. The molecule has 2 aliphatic heterocycles. The van der Waals surface area contributed by atoms with Crippen LogP contribution < -0.4 is 15.1 Å². The van der Waals surface area contributed by atoms with E-state index in [4.69, 9.17) is 0 Å². The molecular formula is C19H25N3O3. The van der Waals surface area contributed by atoms with Gasteiger partial charge in [-0.15, -0.1) is 0 Å². The van der Waals surface area contributed by atoms with Crippen LogP contribution in [-0.4, -0.2) is 36.9 Å². The van der Waals surface area contributed by atoms with Crippen LogP contribution in [0.3, 0.4) is 0 Å². The van der Waals surface area contributed by atoms with Crippen molar-refractivity contribution in [2.24, 2.45) is 5.92 Å². The molecule has 1 aromatic carbocycles. The van der Waals surface area contributed by atoms with Crippen molar-refractivity contribution in [3.05, 3.63) is 23.8 Å². The topological polar surface area (TPSA) is 69.7 Å². The zero-order chi connectivity index (χ0) is 18.1. The van der Waals surface area contributed by atoms with E-state index >= 15 is 0 Å². The van der Waals surface area contributed by atoms with Crippen molar-refractivity contribution in [3.8, 4) is 0 Å². The molecule has 0 aromatic heterocycles. The third-order valence-corrected chi connectivity index (χ3v) is 5.15. The largest absolute Gasteiger partial charge is 0.353 e. The average Bonchev–Trinajstić information content (AvgIpc) is 3.17. The summed E-state index contributed by atoms with van der Waals surface area (Å²) in [6.07, 6.45) is 1.91. The molecule has 6 heteroatoms. The lowest BCUT2D eigenvalue weighted by atomic mass is 10.1. The second kappa shape index (κ2) is 6.86. The number of hydrogen-bond acceptors (Lipinski definition) is 3. The monoisotopic (exact) mass is 343 g/mol. The normalized spacial score (nSPS) is 20.6. The molecule has 0 saturated carbocycles. The minimum atomic E-state index is -0.302. The van der Waals surface area contributed by atoms with Gasteiger partial charge in [0.1, 0.15) is 0 Å². The maximum atomic E-state index is 12.4. The SMILES string of the molecule is CC[C@@H](C)NC(=O)[C@H]1CC(=O)N(c2ccc3c(c2)CCN3C(C)=O)C1. The Hall–Kier alpha value is -2.37. The molecule has 1 N–H and O–H groups in total. The van der Waals surface area contributed by atoms with Gasteiger partial charge in [-0.1, -0.05) is 6.92 Å². The van der Waals surface area contributed by atoms with Crippen LogP contribution in [0.5, 0.6) is 0 Å². The Labute approximate surface area is 148 Å². The molecule has 25 heavy (non-hydrogen) atoms. The summed E-state index contributed by atoms with van der Waals surface area (Å²) in [6, 6.07) is 5.87. The maximum Gasteiger partial charge on any atom is 0.227 e. The molecule has 1 fully saturated rings. The Kier molecular flexibility index (Phi) is 4.79. The number of nitrogens with zero attached hydrogens (tertiary/aromatic N) is 2. The van der Waals surface area contributed by atoms with Gasteiger partial charge in [0.15, 0.2) is 0 Å². The zero-order valence-corrected chi connectivity index (χ0v) is 15.0. The Morgan fingerprint density at radius 3 is 2.80 bits per heavy atom. The molecule has 134 valence electrons. The number of fused-ring (bicyclic) bond motifs is 1. The summed E-state index contributed by atoms with van der Waals surface area (Å²) < 4.78 is 0. The van der Waals surface area contributed by atoms with Crippen LogP contribution in [0.25, 0.3) is 0 Å². The Balaban J connectivity index is 1.74. The molecule has 6 nitrogen and oxygen atoms in total. The van der Waals surface area contributed by atoms with Gasteiger partial charge in [0, 0.05) is 43.9 Å². The zero-order valence-electron chi connectivity index (χ0n) is 15.0. The second-order valence-corrected chi connectivity index (χ2v) is 6.96. The number of carbonyl (C=O) groups excluding carboxylic acids is 3. The summed E-state index contributed by atoms with van der Waals surface area (Å²) in [4.78, 5) is 39.8. The van der Waals surface area contributed by atoms with Crippen LogP contribution in [0.2, 0.25) is 0 Å². The van der Waals surface area contributed by atoms with Crippen molar-refractivity contribution in [3.63, 3.8) is 0 Å². The van der Waals surface area contributed by atoms with Crippen molar-refractivity contribution < 1.29 is 14.4 Å². The first-order valence-corrected chi connectivity index (χ1v) is 8.92. The fourth-order valence-electron chi connectivity index (χ4n) is 3.48. The lowest BCUT2D eigenvalue weighted by Gasteiger charge is -2.20. The smallest absolute Gasteiger partial charge is 0.227 e. The van der Waals surface area contributed by atoms with Gasteiger partial charge in [-0.3, -0.25) is 14.4 Å². The lowest BCUT2D eigenvalue weighted by Crippen LogP contribution is -2.38. The third-order valence-electron chi connectivity index (χ3n) is 5.15. The van der Waals surface area contributed by atoms with Gasteiger partial charge in [0.05, 0.1) is 5.92 Å². The van der Waals surface area contributed by atoms with Crippen molar-refractivity contribution >= 4 is 29.1 Å². The van der Waals surface area contributed by atoms with E-state index in [2.05, 4.69) is 5.32 Å². The van der Waals surface area contributed by atoms with Crippen molar-refractivity contribution in [1.29, 1.82) is 0 Å². The number of anilines is 2. The van der Waals surface area contributed by atoms with Crippen LogP contribution >= 0.6 is 0 Å². The highest BCUT2D eigenvalue weighted by molar-refractivity contribution is 6.01. The summed E-state index contributed by atoms with van der Waals surface area (Å²) in [5, 5.41) is 2.96. The van der Waals surface area contributed by atoms with Gasteiger partial charge < -0.3 is 15.1 Å². The number of rotatable bonds is 4. The maximum absolute atomic E-state index is 12.4. The van der Waals surface area contributed by atoms with Crippen LogP contribution in [0.1, 0.15) is 39.2 Å². The molecule has 0 spiro atoms. The van der Waals surface area contributed by atoms with E-state index in [-0.39, 0.29) is 36.1 Å². The van der Waals surface area contributed by atoms with Gasteiger partial charge in [0.25, 0.3) is 0 Å². The van der Waals surface area contributed by atoms with E-state index < -0.39 is 0 Å². The van der Waals surface area contributed by atoms with Crippen LogP contribution in [-0.2, 0) is 20.8 Å². The summed E-state index contributed by atoms with van der Waals surface area (Å²) in [6.45, 7) is 6.64. The van der Waals surface area contributed by atoms with E-state index in [1.165, 1.54) is 0 Å². The quantitative estimate of drug-likeness (QED) is 0.907. The molecule has 1 saturated heterocycles. The lowest BCUT2D eigenvalue weighted by molar-refractivity contribution is -0.126. The molecule has 3 amide bonds. The average molecular weight is 343 g/mol. The Morgan fingerprint density at radius 1 is 1.36 bits per heavy atom. The predicted octanol–water partition coefficient (Wildman–Crippen LogP) is 1.86. The molecule has 0 aliphatic carbocycles. The first-order valence-electron chi connectivity index (χ1n) is 8.92. The molecule has 2 atom stereocenters. The van der Waals surface area contributed by atoms with E-state index in [0.717, 1.165) is 29.8 Å². The van der Waals surface area contributed by atoms with Crippen molar-refractivity contribution in [1.82, 2.24) is 5.32 Å². The van der Waals surface area contributed by atoms with Crippen LogP contribution in [0.4, 0.5) is 11.4 Å². The first-order chi connectivity index (χ1) is 11.9. The van der Waals surface area contributed by atoms with Crippen LogP contribution in [0, 0.1) is 5.92 Å². The highest BCUT2D eigenvalue weighted by Crippen LogP contribution is 2.34. The highest BCUT2D eigenvalue weighted by atomic mass is 16.2. The van der Waals surface area contributed by atoms with Gasteiger partial charge in [-0.05, 0) is 43.5 Å². The van der Waals surface area contributed by atoms with Gasteiger partial charge in [-0.25, -0.2) is 0 Å². The molecule has 1 aromatic rings. The van der Waals surface area contributed by atoms with Gasteiger partial charge >= 0.3 is 0 Å². The fourth-order valence-corrected chi connectivity index (χ4v) is 3.48. The minimum Gasteiger partial charge on any atom is -0.353 e. The van der Waals surface area contributed by atoms with Crippen molar-refractivity contribution in [2.45, 2.75) is 46.1 Å². The molecule has 3 rings (SSSR count). The van der Waals surface area contributed by atoms with Gasteiger partial charge in [-0.2, -0.15) is 0 Å². The first kappa shape index (κ1) is 17.5. The van der Waals surface area contributed by atoms with E-state index in [1.807, 2.05) is 32.0 Å². The number of benzene rings is 1. The second-order valence-electron chi connectivity index (χ2n) is 6.96. The number of carbonyl (C=O) groups is 3. The van der Waals surface area contributed by atoms with E-state index in [9.17, 15) is 14.4 Å². The van der Waals surface area contributed by atoms with Crippen LogP contribution in [0.15, 0.2) is 18.2 Å².